The van der Waals surface area contributed by atoms with Crippen LogP contribution < -0.4 is 0 Å². The molecule has 0 saturated heterocycles. The van der Waals surface area contributed by atoms with E-state index in [0.717, 1.165) is 30.8 Å². The monoisotopic (exact) mass is 249 g/mol. The zero-order valence-corrected chi connectivity index (χ0v) is 11.8. The molecule has 0 spiro atoms. The van der Waals surface area contributed by atoms with Gasteiger partial charge in [0.15, 0.2) is 0 Å². The van der Waals surface area contributed by atoms with Gasteiger partial charge in [-0.3, -0.25) is 0 Å². The molecular formula is C15H23NO2. The molecule has 0 atom stereocenters. The van der Waals surface area contributed by atoms with E-state index in [1.54, 1.807) is 0 Å². The van der Waals surface area contributed by atoms with E-state index in [1.807, 2.05) is 32.0 Å². The number of aryl methyl sites for hydroxylation is 2. The van der Waals surface area contributed by atoms with Crippen LogP contribution in [0.5, 0.6) is 0 Å². The zero-order chi connectivity index (χ0) is 13.5. The Bertz CT molecular complexity index is 397. The van der Waals surface area contributed by atoms with Gasteiger partial charge in [0.05, 0.1) is 5.56 Å². The Kier molecular flexibility index (Phi) is 5.86. The quantitative estimate of drug-likeness (QED) is 0.726. The number of likely N-dealkylation sites (N-methyl/N-ethyl adjacent to an activating group) is 1. The van der Waals surface area contributed by atoms with Crippen molar-refractivity contribution in [2.45, 2.75) is 27.7 Å². The molecule has 0 radical (unpaired) electrons. The van der Waals surface area contributed by atoms with E-state index in [9.17, 15) is 4.79 Å². The van der Waals surface area contributed by atoms with Gasteiger partial charge in [0.2, 0.25) is 0 Å². The molecule has 0 fully saturated rings. The third kappa shape index (κ3) is 4.15. The van der Waals surface area contributed by atoms with Crippen molar-refractivity contribution in [2.75, 3.05) is 26.2 Å². The zero-order valence-electron chi connectivity index (χ0n) is 11.8. The molecule has 0 bridgehead atoms. The summed E-state index contributed by atoms with van der Waals surface area (Å²) < 4.78 is 5.32. The Hall–Kier alpha value is -1.35. The first-order valence-electron chi connectivity index (χ1n) is 6.55. The number of carbonyl (C=O) groups is 1. The molecule has 0 amide bonds. The Balaban J connectivity index is 2.53. The summed E-state index contributed by atoms with van der Waals surface area (Å²) in [7, 11) is 0. The van der Waals surface area contributed by atoms with Gasteiger partial charge in [0, 0.05) is 6.54 Å². The molecule has 3 heteroatoms. The minimum atomic E-state index is -0.219. The smallest absolute Gasteiger partial charge is 0.338 e. The lowest BCUT2D eigenvalue weighted by Crippen LogP contribution is -2.28. The highest BCUT2D eigenvalue weighted by molar-refractivity contribution is 5.91. The van der Waals surface area contributed by atoms with Crippen molar-refractivity contribution in [2.24, 2.45) is 0 Å². The van der Waals surface area contributed by atoms with Crippen molar-refractivity contribution >= 4 is 5.97 Å². The van der Waals surface area contributed by atoms with Crippen molar-refractivity contribution in [1.82, 2.24) is 4.90 Å². The summed E-state index contributed by atoms with van der Waals surface area (Å²) in [6.07, 6.45) is 0. The van der Waals surface area contributed by atoms with Crippen LogP contribution in [-0.4, -0.2) is 37.1 Å². The molecule has 18 heavy (non-hydrogen) atoms. The summed E-state index contributed by atoms with van der Waals surface area (Å²) in [5, 5.41) is 0. The van der Waals surface area contributed by atoms with Gasteiger partial charge < -0.3 is 9.64 Å². The first kappa shape index (κ1) is 14.7. The normalized spacial score (nSPS) is 10.7. The molecule has 1 aromatic carbocycles. The van der Waals surface area contributed by atoms with E-state index < -0.39 is 0 Å². The third-order valence-corrected chi connectivity index (χ3v) is 3.15. The van der Waals surface area contributed by atoms with Gasteiger partial charge in [-0.05, 0) is 38.6 Å². The number of benzene rings is 1. The Labute approximate surface area is 110 Å². The molecule has 0 aliphatic carbocycles. The molecule has 0 aliphatic rings. The van der Waals surface area contributed by atoms with Crippen LogP contribution in [0, 0.1) is 13.8 Å². The average molecular weight is 249 g/mol. The maximum absolute atomic E-state index is 11.9. The molecule has 0 unspecified atom stereocenters. The van der Waals surface area contributed by atoms with Gasteiger partial charge >= 0.3 is 5.97 Å². The van der Waals surface area contributed by atoms with E-state index >= 15 is 0 Å². The van der Waals surface area contributed by atoms with Gasteiger partial charge in [-0.25, -0.2) is 4.79 Å². The van der Waals surface area contributed by atoms with Gasteiger partial charge in [-0.15, -0.1) is 0 Å². The standard InChI is InChI=1S/C15H23NO2/c1-5-16(6-2)9-10-18-15(17)14-11-12(3)7-8-13(14)4/h7-8,11H,5-6,9-10H2,1-4H3. The third-order valence-electron chi connectivity index (χ3n) is 3.15. The van der Waals surface area contributed by atoms with Crippen LogP contribution in [0.25, 0.3) is 0 Å². The molecule has 0 N–H and O–H groups in total. The van der Waals surface area contributed by atoms with E-state index in [1.165, 1.54) is 0 Å². The molecule has 0 heterocycles. The summed E-state index contributed by atoms with van der Waals surface area (Å²) in [6.45, 7) is 11.3. The number of hydrogen-bond acceptors (Lipinski definition) is 3. The summed E-state index contributed by atoms with van der Waals surface area (Å²) in [4.78, 5) is 14.2. The van der Waals surface area contributed by atoms with Crippen LogP contribution in [0.4, 0.5) is 0 Å². The van der Waals surface area contributed by atoms with Crippen LogP contribution in [0.15, 0.2) is 18.2 Å². The SMILES string of the molecule is CCN(CC)CCOC(=O)c1cc(C)ccc1C. The highest BCUT2D eigenvalue weighted by Crippen LogP contribution is 2.11. The van der Waals surface area contributed by atoms with E-state index in [-0.39, 0.29) is 5.97 Å². The molecular weight excluding hydrogens is 226 g/mol. The van der Waals surface area contributed by atoms with Crippen LogP contribution >= 0.6 is 0 Å². The first-order valence-corrected chi connectivity index (χ1v) is 6.55. The number of nitrogens with zero attached hydrogens (tertiary/aromatic N) is 1. The summed E-state index contributed by atoms with van der Waals surface area (Å²) in [5.41, 5.74) is 2.72. The lowest BCUT2D eigenvalue weighted by atomic mass is 10.1. The number of carbonyl (C=O) groups excluding carboxylic acids is 1. The van der Waals surface area contributed by atoms with E-state index in [0.29, 0.717) is 12.2 Å². The first-order chi connectivity index (χ1) is 8.58. The lowest BCUT2D eigenvalue weighted by molar-refractivity contribution is 0.0465. The van der Waals surface area contributed by atoms with Gasteiger partial charge in [-0.1, -0.05) is 31.5 Å². The second kappa shape index (κ2) is 7.17. The summed E-state index contributed by atoms with van der Waals surface area (Å²) in [5.74, 6) is -0.219. The summed E-state index contributed by atoms with van der Waals surface area (Å²) in [6, 6.07) is 5.84. The summed E-state index contributed by atoms with van der Waals surface area (Å²) >= 11 is 0. The highest BCUT2D eigenvalue weighted by Gasteiger charge is 2.11. The Morgan fingerprint density at radius 2 is 1.89 bits per heavy atom. The number of esters is 1. The largest absolute Gasteiger partial charge is 0.461 e. The maximum atomic E-state index is 11.9. The molecule has 3 nitrogen and oxygen atoms in total. The van der Waals surface area contributed by atoms with Crippen LogP contribution in [-0.2, 0) is 4.74 Å². The minimum absolute atomic E-state index is 0.219. The molecule has 0 saturated carbocycles. The molecule has 1 rings (SSSR count). The Morgan fingerprint density at radius 3 is 2.50 bits per heavy atom. The predicted octanol–water partition coefficient (Wildman–Crippen LogP) is 2.80. The van der Waals surface area contributed by atoms with Crippen molar-refractivity contribution in [3.05, 3.63) is 34.9 Å². The van der Waals surface area contributed by atoms with Gasteiger partial charge in [0.1, 0.15) is 6.61 Å². The van der Waals surface area contributed by atoms with Crippen molar-refractivity contribution in [3.8, 4) is 0 Å². The van der Waals surface area contributed by atoms with E-state index in [4.69, 9.17) is 4.74 Å². The average Bonchev–Trinajstić information content (AvgIpc) is 2.37. The predicted molar refractivity (Wildman–Crippen MR) is 74.0 cm³/mol. The van der Waals surface area contributed by atoms with Gasteiger partial charge in [0.25, 0.3) is 0 Å². The molecule has 100 valence electrons. The van der Waals surface area contributed by atoms with Crippen molar-refractivity contribution in [3.63, 3.8) is 0 Å². The second-order valence-electron chi connectivity index (χ2n) is 4.48. The van der Waals surface area contributed by atoms with Crippen LogP contribution in [0.3, 0.4) is 0 Å². The topological polar surface area (TPSA) is 29.5 Å². The maximum Gasteiger partial charge on any atom is 0.338 e. The highest BCUT2D eigenvalue weighted by atomic mass is 16.5. The fraction of sp³-hybridized carbons (Fsp3) is 0.533. The van der Waals surface area contributed by atoms with E-state index in [2.05, 4.69) is 18.7 Å². The molecule has 0 aliphatic heterocycles. The minimum Gasteiger partial charge on any atom is -0.461 e. The van der Waals surface area contributed by atoms with Crippen LogP contribution in [0.1, 0.15) is 35.3 Å². The van der Waals surface area contributed by atoms with Crippen molar-refractivity contribution in [1.29, 1.82) is 0 Å². The number of hydrogen-bond donors (Lipinski definition) is 0. The fourth-order valence-corrected chi connectivity index (χ4v) is 1.84. The molecule has 1 aromatic rings. The second-order valence-corrected chi connectivity index (χ2v) is 4.48. The fourth-order valence-electron chi connectivity index (χ4n) is 1.84. The van der Waals surface area contributed by atoms with Gasteiger partial charge in [-0.2, -0.15) is 0 Å². The number of rotatable bonds is 6. The number of ether oxygens (including phenoxy) is 1. The van der Waals surface area contributed by atoms with Crippen LogP contribution in [0.2, 0.25) is 0 Å². The molecule has 0 aromatic heterocycles. The van der Waals surface area contributed by atoms with Crippen molar-refractivity contribution < 1.29 is 9.53 Å². The Morgan fingerprint density at radius 1 is 1.22 bits per heavy atom. The lowest BCUT2D eigenvalue weighted by Gasteiger charge is -2.17.